The van der Waals surface area contributed by atoms with E-state index in [0.717, 1.165) is 45.1 Å². The number of halogens is 4. The zero-order chi connectivity index (χ0) is 27.6. The van der Waals surface area contributed by atoms with Gasteiger partial charge in [0.05, 0.1) is 5.69 Å². The first-order valence-corrected chi connectivity index (χ1v) is 13.2. The smallest absolute Gasteiger partial charge is 0.323 e. The highest BCUT2D eigenvalue weighted by molar-refractivity contribution is 6.10. The maximum atomic E-state index is 14.6. The van der Waals surface area contributed by atoms with Gasteiger partial charge in [-0.3, -0.25) is 19.8 Å². The molecule has 3 amide bonds. The number of benzene rings is 1. The Morgan fingerprint density at radius 2 is 1.55 bits per heavy atom. The summed E-state index contributed by atoms with van der Waals surface area (Å²) in [4.78, 5) is 47.3. The van der Waals surface area contributed by atoms with E-state index >= 15 is 0 Å². The van der Waals surface area contributed by atoms with E-state index in [4.69, 9.17) is 4.74 Å². The number of aliphatic carboxylic acids is 1. The lowest BCUT2D eigenvalue weighted by Crippen LogP contribution is -2.53. The van der Waals surface area contributed by atoms with Crippen molar-refractivity contribution in [1.82, 2.24) is 19.7 Å². The zero-order valence-corrected chi connectivity index (χ0v) is 26.5. The number of anilines is 2. The number of urea groups is 1. The predicted octanol–water partition coefficient (Wildman–Crippen LogP) is 2.68. The number of aromatic nitrogens is 1. The largest absolute Gasteiger partial charge is 0.480 e. The molecule has 7 N–H and O–H groups in total. The summed E-state index contributed by atoms with van der Waals surface area (Å²) < 4.78 is 20.4. The van der Waals surface area contributed by atoms with E-state index in [-0.39, 0.29) is 78.5 Å². The lowest BCUT2D eigenvalue weighted by Gasteiger charge is -2.42. The van der Waals surface area contributed by atoms with Crippen molar-refractivity contribution in [1.29, 1.82) is 0 Å². The summed E-state index contributed by atoms with van der Waals surface area (Å²) >= 11 is 0. The van der Waals surface area contributed by atoms with Crippen LogP contribution in [-0.2, 0) is 9.59 Å². The van der Waals surface area contributed by atoms with Crippen molar-refractivity contribution >= 4 is 66.6 Å². The molecule has 5 rings (SSSR count). The van der Waals surface area contributed by atoms with Crippen LogP contribution in [-0.4, -0.2) is 106 Å². The lowest BCUT2D eigenvalue weighted by molar-refractivity contribution is -0.147. The minimum Gasteiger partial charge on any atom is -0.480 e. The highest BCUT2D eigenvalue weighted by Gasteiger charge is 2.57. The third kappa shape index (κ3) is 9.51. The molecule has 13 nitrogen and oxygen atoms in total. The van der Waals surface area contributed by atoms with Gasteiger partial charge in [-0.05, 0) is 50.9 Å². The zero-order valence-electron chi connectivity index (χ0n) is 24.1. The Labute approximate surface area is 273 Å². The Morgan fingerprint density at radius 3 is 2.11 bits per heavy atom. The third-order valence-electron chi connectivity index (χ3n) is 7.79. The van der Waals surface area contributed by atoms with Gasteiger partial charge >= 0.3 is 12.0 Å². The maximum Gasteiger partial charge on any atom is 0.323 e. The van der Waals surface area contributed by atoms with E-state index in [1.807, 2.05) is 0 Å². The molecule has 1 aromatic carbocycles. The van der Waals surface area contributed by atoms with E-state index in [0.29, 0.717) is 30.7 Å². The first-order valence-electron chi connectivity index (χ1n) is 13.2. The van der Waals surface area contributed by atoms with E-state index < -0.39 is 23.1 Å². The number of hydrogen-bond donors (Lipinski definition) is 3. The number of likely N-dealkylation sites (N-methyl/N-ethyl adjacent to an activating group) is 1. The van der Waals surface area contributed by atoms with Crippen molar-refractivity contribution in [2.24, 2.45) is 5.41 Å². The number of carboxylic acid groups (broad SMARTS) is 1. The van der Waals surface area contributed by atoms with Crippen LogP contribution in [0.4, 0.5) is 20.7 Å². The monoisotopic (exact) mass is 684 g/mol. The molecule has 1 aromatic heterocycles. The molecule has 1 saturated carbocycles. The van der Waals surface area contributed by atoms with Gasteiger partial charge in [0.15, 0.2) is 0 Å². The van der Waals surface area contributed by atoms with E-state index in [1.54, 1.807) is 17.0 Å². The average molecular weight is 686 g/mol. The van der Waals surface area contributed by atoms with Gasteiger partial charge in [0.1, 0.15) is 28.5 Å². The summed E-state index contributed by atoms with van der Waals surface area (Å²) in [5.41, 5.74) is -1.60. The summed E-state index contributed by atoms with van der Waals surface area (Å²) in [6, 6.07) is 7.28. The summed E-state index contributed by atoms with van der Waals surface area (Å²) in [6.07, 6.45) is 3.82. The number of hydrogen-bond acceptors (Lipinski definition) is 7. The molecule has 248 valence electrons. The third-order valence-corrected chi connectivity index (χ3v) is 7.79. The highest BCUT2D eigenvalue weighted by atomic mass is 35.5. The molecule has 0 unspecified atom stereocenters. The summed E-state index contributed by atoms with van der Waals surface area (Å²) in [6.45, 7) is 5.63. The Kier molecular flexibility index (Phi) is 16.3. The van der Waals surface area contributed by atoms with Crippen LogP contribution in [0.5, 0.6) is 11.5 Å². The average Bonchev–Trinajstić information content (AvgIpc) is 3.74. The minimum absolute atomic E-state index is 0. The van der Waals surface area contributed by atoms with Crippen LogP contribution in [0.1, 0.15) is 25.7 Å². The van der Waals surface area contributed by atoms with E-state index in [2.05, 4.69) is 32.5 Å². The molecule has 1 aliphatic carbocycles. The second-order valence-corrected chi connectivity index (χ2v) is 10.4. The maximum absolute atomic E-state index is 14.6. The summed E-state index contributed by atoms with van der Waals surface area (Å²) in [7, 11) is 2.14. The van der Waals surface area contributed by atoms with Crippen LogP contribution >= 0.6 is 37.2 Å². The number of carbonyl (C=O) groups excluding carboxylic acids is 2. The predicted molar refractivity (Wildman–Crippen MR) is 170 cm³/mol. The van der Waals surface area contributed by atoms with Gasteiger partial charge in [0.25, 0.3) is 0 Å². The molecule has 17 heteroatoms. The topological polar surface area (TPSA) is 190 Å². The van der Waals surface area contributed by atoms with Crippen LogP contribution in [0.2, 0.25) is 0 Å². The van der Waals surface area contributed by atoms with Crippen molar-refractivity contribution in [3.63, 3.8) is 0 Å². The molecule has 2 saturated heterocycles. The van der Waals surface area contributed by atoms with Gasteiger partial charge in [-0.15, -0.1) is 37.2 Å². The number of ether oxygens (including phenoxy) is 1. The van der Waals surface area contributed by atoms with Crippen LogP contribution in [0.3, 0.4) is 0 Å². The molecule has 2 aromatic rings. The number of carboxylic acids is 1. The van der Waals surface area contributed by atoms with Gasteiger partial charge < -0.3 is 35.9 Å². The molecular weight excluding hydrogens is 646 g/mol. The molecule has 3 heterocycles. The van der Waals surface area contributed by atoms with Gasteiger partial charge in [0.2, 0.25) is 5.91 Å². The van der Waals surface area contributed by atoms with Crippen LogP contribution < -0.4 is 15.4 Å². The lowest BCUT2D eigenvalue weighted by atomic mass is 10.0. The van der Waals surface area contributed by atoms with Crippen LogP contribution in [0, 0.1) is 11.2 Å². The molecular formula is C27H40Cl3FN6O7. The number of pyridine rings is 1. The Bertz CT molecular complexity index is 1260. The number of likely N-dealkylation sites (tertiary alicyclic amines) is 1. The number of nitrogens with zero attached hydrogens (tertiary/aromatic N) is 4. The second kappa shape index (κ2) is 17.5. The summed E-state index contributed by atoms with van der Waals surface area (Å²) in [5.74, 6) is -1.89. The summed E-state index contributed by atoms with van der Waals surface area (Å²) in [5, 5.41) is 14.4. The van der Waals surface area contributed by atoms with Crippen molar-refractivity contribution < 1.29 is 39.6 Å². The number of piperazine rings is 1. The van der Waals surface area contributed by atoms with Gasteiger partial charge in [0, 0.05) is 63.6 Å². The molecule has 3 aliphatic rings. The first-order chi connectivity index (χ1) is 18.7. The molecule has 44 heavy (non-hydrogen) atoms. The van der Waals surface area contributed by atoms with E-state index in [9.17, 15) is 23.9 Å². The molecule has 0 atom stereocenters. The second-order valence-electron chi connectivity index (χ2n) is 10.4. The molecule has 2 aliphatic heterocycles. The fourth-order valence-corrected chi connectivity index (χ4v) is 5.05. The molecule has 0 radical (unpaired) electrons. The Balaban J connectivity index is 0.00000370. The van der Waals surface area contributed by atoms with Gasteiger partial charge in [-0.1, -0.05) is 0 Å². The Morgan fingerprint density at radius 1 is 0.932 bits per heavy atom. The quantitative estimate of drug-likeness (QED) is 0.371. The number of rotatable bonds is 7. The molecule has 0 spiro atoms. The molecule has 0 bridgehead atoms. The SMILES string of the molecule is CN1CCN(C2CCN(C(=O)Nc3cc(Oc4ccc(NC(=O)C5(C(=O)O)CC5)c(F)c4)ccn3)CC2)CC1.Cl.Cl.Cl.O.O. The highest BCUT2D eigenvalue weighted by Crippen LogP contribution is 2.47. The van der Waals surface area contributed by atoms with Crippen molar-refractivity contribution in [2.75, 3.05) is 56.9 Å². The van der Waals surface area contributed by atoms with Crippen LogP contribution in [0.25, 0.3) is 0 Å². The standard InChI is InChI=1S/C27H33FN6O5.3ClH.2H2O/c1-32-12-14-33(15-13-32)18-5-10-34(11-6-18)26(38)31-23-17-20(4-9-29-23)39-19-2-3-22(21(28)16-19)30-24(35)27(7-8-27)25(36)37;;;;;/h2-4,9,16-18H,5-8,10-15H2,1H3,(H,30,35)(H,36,37)(H,29,31,38);3*1H;2*1H2. The van der Waals surface area contributed by atoms with Crippen molar-refractivity contribution in [2.45, 2.75) is 31.7 Å². The fraction of sp³-hybridized carbons (Fsp3) is 0.481. The first kappa shape index (κ1) is 41.0. The number of piperidine rings is 1. The van der Waals surface area contributed by atoms with Crippen molar-refractivity contribution in [3.8, 4) is 11.5 Å². The van der Waals surface area contributed by atoms with Gasteiger partial charge in [-0.25, -0.2) is 14.2 Å². The normalized spacial score (nSPS) is 17.5. The fourth-order valence-electron chi connectivity index (χ4n) is 5.05. The van der Waals surface area contributed by atoms with Crippen molar-refractivity contribution in [3.05, 3.63) is 42.3 Å². The van der Waals surface area contributed by atoms with E-state index in [1.165, 1.54) is 18.3 Å². The Hall–Kier alpha value is -2.98. The van der Waals surface area contributed by atoms with Crippen LogP contribution in [0.15, 0.2) is 36.5 Å². The molecule has 3 fully saturated rings. The minimum atomic E-state index is -1.47. The van der Waals surface area contributed by atoms with Gasteiger partial charge in [-0.2, -0.15) is 0 Å². The number of amides is 3. The number of carbonyl (C=O) groups is 3. The number of nitrogens with one attached hydrogen (secondary N) is 2.